The molecule has 0 bridgehead atoms. The normalized spacial score (nSPS) is 16.2. The molecule has 33 heavy (non-hydrogen) atoms. The number of para-hydroxylation sites is 1. The van der Waals surface area contributed by atoms with Crippen LogP contribution < -0.4 is 10.3 Å². The van der Waals surface area contributed by atoms with Crippen molar-refractivity contribution in [2.24, 2.45) is 18.7 Å². The van der Waals surface area contributed by atoms with Gasteiger partial charge in [-0.2, -0.15) is 4.57 Å². The number of nitrogens with zero attached hydrogens (tertiary/aromatic N) is 3. The Balaban J connectivity index is 1.43. The topological polar surface area (TPSA) is 92.4 Å². The van der Waals surface area contributed by atoms with E-state index in [9.17, 15) is 9.59 Å². The third-order valence-electron chi connectivity index (χ3n) is 6.68. The fourth-order valence-electron chi connectivity index (χ4n) is 4.72. The van der Waals surface area contributed by atoms with Gasteiger partial charge in [-0.25, -0.2) is 9.36 Å². The molecular formula is C25H33N4O4+. The number of hydrogen-bond donors (Lipinski definition) is 1. The van der Waals surface area contributed by atoms with E-state index in [1.165, 1.54) is 0 Å². The number of imidazole rings is 1. The standard InChI is InChI=1S/C25H33N4O4/c1-17-28(13-14-29(17)16-32-24(31)33-25(2,3)11-12-26)15-18-9-10-21-22(23(18)30)19-7-5-6-8-20(19)27(21)4/h5-8,13-14,18H,9-12,15-16,26H2,1-4H3/q+1. The Morgan fingerprint density at radius 1 is 1.30 bits per heavy atom. The molecular weight excluding hydrogens is 420 g/mol. The van der Waals surface area contributed by atoms with Crippen LogP contribution in [-0.4, -0.2) is 33.2 Å². The number of rotatable bonds is 7. The molecule has 176 valence electrons. The SMILES string of the molecule is Cc1n(CC2CCc3c(c4ccccc4n3C)C2=O)cc[n+]1COC(=O)OC(C)(C)CCN. The van der Waals surface area contributed by atoms with Crippen LogP contribution in [0.5, 0.6) is 0 Å². The van der Waals surface area contributed by atoms with Crippen molar-refractivity contribution in [3.63, 3.8) is 0 Å². The number of nitrogens with two attached hydrogens (primary N) is 1. The molecule has 2 N–H and O–H groups in total. The van der Waals surface area contributed by atoms with Crippen LogP contribution in [0, 0.1) is 12.8 Å². The molecule has 0 saturated heterocycles. The van der Waals surface area contributed by atoms with Gasteiger partial charge in [-0.1, -0.05) is 18.2 Å². The number of fused-ring (bicyclic) bond motifs is 3. The Morgan fingerprint density at radius 2 is 2.06 bits per heavy atom. The number of aromatic nitrogens is 3. The molecule has 1 aromatic carbocycles. The summed E-state index contributed by atoms with van der Waals surface area (Å²) in [6.45, 7) is 6.62. The molecule has 2 aromatic heterocycles. The Hall–Kier alpha value is -3.13. The molecule has 0 saturated carbocycles. The van der Waals surface area contributed by atoms with Crippen molar-refractivity contribution < 1.29 is 23.6 Å². The number of carbonyl (C=O) groups excluding carboxylic acids is 2. The Bertz CT molecular complexity index is 1190. The Morgan fingerprint density at radius 3 is 2.82 bits per heavy atom. The summed E-state index contributed by atoms with van der Waals surface area (Å²) in [4.78, 5) is 25.5. The summed E-state index contributed by atoms with van der Waals surface area (Å²) in [5, 5.41) is 1.04. The largest absolute Gasteiger partial charge is 0.512 e. The summed E-state index contributed by atoms with van der Waals surface area (Å²) >= 11 is 0. The van der Waals surface area contributed by atoms with Gasteiger partial charge in [0.15, 0.2) is 5.78 Å². The molecule has 2 heterocycles. The van der Waals surface area contributed by atoms with Gasteiger partial charge >= 0.3 is 6.16 Å². The molecule has 0 fully saturated rings. The lowest BCUT2D eigenvalue weighted by Crippen LogP contribution is -2.40. The highest BCUT2D eigenvalue weighted by Gasteiger charge is 2.34. The zero-order valence-corrected chi connectivity index (χ0v) is 19.8. The molecule has 0 spiro atoms. The first-order valence-electron chi connectivity index (χ1n) is 11.4. The minimum atomic E-state index is -0.723. The van der Waals surface area contributed by atoms with Crippen LogP contribution in [0.2, 0.25) is 0 Å². The number of Topliss-reactive ketones (excluding diaryl/α,β-unsaturated/α-hetero) is 1. The Labute approximate surface area is 193 Å². The molecule has 8 nitrogen and oxygen atoms in total. The zero-order valence-electron chi connectivity index (χ0n) is 19.8. The van der Waals surface area contributed by atoms with E-state index in [1.807, 2.05) is 53.7 Å². The molecule has 1 atom stereocenters. The van der Waals surface area contributed by atoms with Crippen LogP contribution in [0.1, 0.15) is 48.6 Å². The second-order valence-electron chi connectivity index (χ2n) is 9.39. The predicted octanol–water partition coefficient (Wildman–Crippen LogP) is 3.26. The summed E-state index contributed by atoms with van der Waals surface area (Å²) in [7, 11) is 2.04. The molecule has 0 radical (unpaired) electrons. The number of benzene rings is 1. The van der Waals surface area contributed by atoms with Crippen molar-refractivity contribution >= 4 is 22.8 Å². The third kappa shape index (κ3) is 4.53. The van der Waals surface area contributed by atoms with Gasteiger partial charge in [0.25, 0.3) is 5.82 Å². The van der Waals surface area contributed by atoms with Crippen molar-refractivity contribution in [1.82, 2.24) is 9.13 Å². The number of aryl methyl sites for hydroxylation is 1. The van der Waals surface area contributed by atoms with Crippen LogP contribution >= 0.6 is 0 Å². The van der Waals surface area contributed by atoms with Gasteiger partial charge in [0.2, 0.25) is 6.73 Å². The minimum Gasteiger partial charge on any atom is -0.428 e. The zero-order chi connectivity index (χ0) is 23.8. The lowest BCUT2D eigenvalue weighted by molar-refractivity contribution is -0.732. The molecule has 0 aliphatic heterocycles. The van der Waals surface area contributed by atoms with Crippen LogP contribution in [0.25, 0.3) is 10.9 Å². The van der Waals surface area contributed by atoms with Crippen molar-refractivity contribution in [3.05, 3.63) is 53.7 Å². The summed E-state index contributed by atoms with van der Waals surface area (Å²) < 4.78 is 16.7. The van der Waals surface area contributed by atoms with Crippen molar-refractivity contribution in [1.29, 1.82) is 0 Å². The quantitative estimate of drug-likeness (QED) is 0.438. The van der Waals surface area contributed by atoms with E-state index in [0.717, 1.165) is 40.8 Å². The highest BCUT2D eigenvalue weighted by Crippen LogP contribution is 2.34. The van der Waals surface area contributed by atoms with Gasteiger partial charge in [0.05, 0.1) is 5.92 Å². The fraction of sp³-hybridized carbons (Fsp3) is 0.480. The number of carbonyl (C=O) groups is 2. The van der Waals surface area contributed by atoms with E-state index in [0.29, 0.717) is 19.5 Å². The predicted molar refractivity (Wildman–Crippen MR) is 124 cm³/mol. The van der Waals surface area contributed by atoms with E-state index >= 15 is 0 Å². The molecule has 3 aromatic rings. The maximum absolute atomic E-state index is 13.4. The van der Waals surface area contributed by atoms with E-state index in [-0.39, 0.29) is 18.4 Å². The highest BCUT2D eigenvalue weighted by molar-refractivity contribution is 6.11. The summed E-state index contributed by atoms with van der Waals surface area (Å²) in [5.41, 5.74) is 7.98. The van der Waals surface area contributed by atoms with E-state index in [2.05, 4.69) is 10.6 Å². The first kappa shape index (κ1) is 23.0. The van der Waals surface area contributed by atoms with Crippen molar-refractivity contribution in [2.45, 2.75) is 58.9 Å². The van der Waals surface area contributed by atoms with E-state index in [4.69, 9.17) is 15.2 Å². The van der Waals surface area contributed by atoms with Crippen molar-refractivity contribution in [2.75, 3.05) is 6.54 Å². The van der Waals surface area contributed by atoms with Gasteiger partial charge in [-0.05, 0) is 45.7 Å². The maximum atomic E-state index is 13.4. The van der Waals surface area contributed by atoms with Crippen LogP contribution in [0.4, 0.5) is 4.79 Å². The van der Waals surface area contributed by atoms with Crippen LogP contribution in [-0.2, 0) is 36.2 Å². The molecule has 4 rings (SSSR count). The first-order chi connectivity index (χ1) is 15.7. The smallest absolute Gasteiger partial charge is 0.428 e. The average molecular weight is 454 g/mol. The average Bonchev–Trinajstić information content (AvgIpc) is 3.26. The minimum absolute atomic E-state index is 0.0441. The van der Waals surface area contributed by atoms with Gasteiger partial charge in [-0.15, -0.1) is 0 Å². The lowest BCUT2D eigenvalue weighted by Gasteiger charge is -2.23. The number of hydrogen-bond acceptors (Lipinski definition) is 5. The molecule has 0 amide bonds. The molecule has 1 unspecified atom stereocenters. The monoisotopic (exact) mass is 453 g/mol. The first-order valence-corrected chi connectivity index (χ1v) is 11.4. The summed E-state index contributed by atoms with van der Waals surface area (Å²) in [5.74, 6) is 1.01. The third-order valence-corrected chi connectivity index (χ3v) is 6.68. The van der Waals surface area contributed by atoms with E-state index in [1.54, 1.807) is 13.8 Å². The molecule has 8 heteroatoms. The van der Waals surface area contributed by atoms with Crippen LogP contribution in [0.15, 0.2) is 36.7 Å². The highest BCUT2D eigenvalue weighted by atomic mass is 16.7. The molecule has 1 aliphatic carbocycles. The second-order valence-corrected chi connectivity index (χ2v) is 9.39. The summed E-state index contributed by atoms with van der Waals surface area (Å²) in [6.07, 6.45) is 5.30. The fourth-order valence-corrected chi connectivity index (χ4v) is 4.72. The van der Waals surface area contributed by atoms with Crippen LogP contribution in [0.3, 0.4) is 0 Å². The van der Waals surface area contributed by atoms with Gasteiger partial charge in [-0.3, -0.25) is 4.79 Å². The number of ether oxygens (including phenoxy) is 2. The summed E-state index contributed by atoms with van der Waals surface area (Å²) in [6, 6.07) is 8.10. The van der Waals surface area contributed by atoms with Crippen molar-refractivity contribution in [3.8, 4) is 0 Å². The van der Waals surface area contributed by atoms with Gasteiger partial charge < -0.3 is 19.8 Å². The Kier molecular flexibility index (Phi) is 6.30. The maximum Gasteiger partial charge on any atom is 0.512 e. The lowest BCUT2D eigenvalue weighted by atomic mass is 9.85. The second kappa shape index (κ2) is 9.02. The van der Waals surface area contributed by atoms with Gasteiger partial charge in [0.1, 0.15) is 24.5 Å². The molecule has 1 aliphatic rings. The number of ketones is 1. The van der Waals surface area contributed by atoms with Gasteiger partial charge in [0, 0.05) is 36.1 Å². The van der Waals surface area contributed by atoms with E-state index < -0.39 is 11.8 Å².